The van der Waals surface area contributed by atoms with Crippen molar-refractivity contribution < 1.29 is 14.6 Å². The van der Waals surface area contributed by atoms with Gasteiger partial charge in [0, 0.05) is 18.8 Å². The van der Waals surface area contributed by atoms with Gasteiger partial charge in [-0.15, -0.1) is 0 Å². The third kappa shape index (κ3) is 4.88. The van der Waals surface area contributed by atoms with Gasteiger partial charge in [-0.2, -0.15) is 4.98 Å². The highest BCUT2D eigenvalue weighted by Crippen LogP contribution is 2.22. The number of carboxylic acid groups (broad SMARTS) is 1. The zero-order valence-electron chi connectivity index (χ0n) is 16.2. The van der Waals surface area contributed by atoms with Crippen molar-refractivity contribution in [3.8, 4) is 17.4 Å². The van der Waals surface area contributed by atoms with E-state index in [9.17, 15) is 4.79 Å². The molecule has 0 aliphatic carbocycles. The van der Waals surface area contributed by atoms with Crippen molar-refractivity contribution in [1.29, 1.82) is 0 Å². The highest BCUT2D eigenvalue weighted by molar-refractivity contribution is 5.82. The number of pyridine rings is 1. The van der Waals surface area contributed by atoms with E-state index in [1.807, 2.05) is 36.4 Å². The molecule has 2 heterocycles. The largest absolute Gasteiger partial charge is 0.481 e. The maximum Gasteiger partial charge on any atom is 0.305 e. The number of carboxylic acids is 1. The molecule has 2 aromatic heterocycles. The normalized spacial score (nSPS) is 10.7. The Balaban J connectivity index is 1.56. The number of ether oxygens (including phenoxy) is 1. The van der Waals surface area contributed by atoms with Crippen LogP contribution in [0.15, 0.2) is 72.9 Å². The van der Waals surface area contributed by atoms with E-state index in [1.54, 1.807) is 12.3 Å². The molecule has 7 nitrogen and oxygen atoms in total. The number of anilines is 1. The van der Waals surface area contributed by atoms with Gasteiger partial charge in [0.25, 0.3) is 0 Å². The molecule has 0 amide bonds. The van der Waals surface area contributed by atoms with E-state index in [4.69, 9.17) is 9.84 Å². The van der Waals surface area contributed by atoms with Gasteiger partial charge in [0.05, 0.1) is 6.42 Å². The van der Waals surface area contributed by atoms with Crippen molar-refractivity contribution in [1.82, 2.24) is 15.0 Å². The predicted molar refractivity (Wildman–Crippen MR) is 114 cm³/mol. The van der Waals surface area contributed by atoms with Gasteiger partial charge in [-0.3, -0.25) is 9.78 Å². The summed E-state index contributed by atoms with van der Waals surface area (Å²) in [5.41, 5.74) is 1.63. The Hall–Kier alpha value is -4.00. The highest BCUT2D eigenvalue weighted by Gasteiger charge is 2.10. The average Bonchev–Trinajstić information content (AvgIpc) is 2.78. The van der Waals surface area contributed by atoms with Crippen LogP contribution in [0.4, 0.5) is 5.82 Å². The summed E-state index contributed by atoms with van der Waals surface area (Å²) in [6.45, 7) is 0.593. The lowest BCUT2D eigenvalue weighted by Gasteiger charge is -2.11. The first kappa shape index (κ1) is 19.3. The lowest BCUT2D eigenvalue weighted by atomic mass is 10.1. The SMILES string of the molecule is O=C(O)CCNc1cc(OCc2ccc3ccccc3c2)nc(-c2ccccn2)n1. The molecular weight excluding hydrogens is 380 g/mol. The van der Waals surface area contributed by atoms with Gasteiger partial charge in [-0.05, 0) is 34.5 Å². The van der Waals surface area contributed by atoms with E-state index in [-0.39, 0.29) is 13.0 Å². The number of hydrogen-bond acceptors (Lipinski definition) is 6. The summed E-state index contributed by atoms with van der Waals surface area (Å²) in [5, 5.41) is 14.2. The molecule has 0 aliphatic heterocycles. The van der Waals surface area contributed by atoms with Gasteiger partial charge >= 0.3 is 5.97 Å². The minimum Gasteiger partial charge on any atom is -0.481 e. The zero-order chi connectivity index (χ0) is 20.8. The molecule has 0 saturated heterocycles. The van der Waals surface area contributed by atoms with Crippen molar-refractivity contribution in [3.63, 3.8) is 0 Å². The molecule has 30 heavy (non-hydrogen) atoms. The van der Waals surface area contributed by atoms with Crippen LogP contribution >= 0.6 is 0 Å². The van der Waals surface area contributed by atoms with Gasteiger partial charge in [0.15, 0.2) is 5.82 Å². The van der Waals surface area contributed by atoms with E-state index in [2.05, 4.69) is 44.5 Å². The molecule has 0 radical (unpaired) electrons. The van der Waals surface area contributed by atoms with Crippen LogP contribution in [0.1, 0.15) is 12.0 Å². The third-order valence-electron chi connectivity index (χ3n) is 4.44. The number of rotatable bonds is 8. The number of fused-ring (bicyclic) bond motifs is 1. The van der Waals surface area contributed by atoms with Crippen molar-refractivity contribution in [3.05, 3.63) is 78.5 Å². The summed E-state index contributed by atoms with van der Waals surface area (Å²) >= 11 is 0. The average molecular weight is 400 g/mol. The lowest BCUT2D eigenvalue weighted by molar-refractivity contribution is -0.136. The Morgan fingerprint density at radius 3 is 2.60 bits per heavy atom. The first-order valence-electron chi connectivity index (χ1n) is 9.54. The fourth-order valence-electron chi connectivity index (χ4n) is 2.98. The van der Waals surface area contributed by atoms with Gasteiger partial charge in [0.2, 0.25) is 5.88 Å². The van der Waals surface area contributed by atoms with Crippen molar-refractivity contribution in [2.24, 2.45) is 0 Å². The van der Waals surface area contributed by atoms with E-state index >= 15 is 0 Å². The predicted octanol–water partition coefficient (Wildman–Crippen LogP) is 4.16. The Bertz CT molecular complexity index is 1170. The lowest BCUT2D eigenvalue weighted by Crippen LogP contribution is -2.10. The molecule has 7 heteroatoms. The minimum absolute atomic E-state index is 0.0177. The molecule has 2 aromatic carbocycles. The fraction of sp³-hybridized carbons (Fsp3) is 0.130. The van der Waals surface area contributed by atoms with E-state index in [1.165, 1.54) is 5.39 Å². The first-order chi connectivity index (χ1) is 14.7. The van der Waals surface area contributed by atoms with Gasteiger partial charge in [0.1, 0.15) is 18.1 Å². The summed E-state index contributed by atoms with van der Waals surface area (Å²) in [4.78, 5) is 24.0. The highest BCUT2D eigenvalue weighted by atomic mass is 16.5. The Labute approximate surface area is 173 Å². The molecule has 150 valence electrons. The summed E-state index contributed by atoms with van der Waals surface area (Å²) in [6.07, 6.45) is 1.65. The Morgan fingerprint density at radius 1 is 0.967 bits per heavy atom. The topological polar surface area (TPSA) is 97.2 Å². The van der Waals surface area contributed by atoms with Crippen LogP contribution in [-0.2, 0) is 11.4 Å². The molecule has 2 N–H and O–H groups in total. The van der Waals surface area contributed by atoms with Crippen molar-refractivity contribution in [2.45, 2.75) is 13.0 Å². The van der Waals surface area contributed by atoms with Crippen LogP contribution in [0.2, 0.25) is 0 Å². The number of nitrogens with zero attached hydrogens (tertiary/aromatic N) is 3. The number of aliphatic carboxylic acids is 1. The number of nitrogens with one attached hydrogen (secondary N) is 1. The molecule has 0 spiro atoms. The van der Waals surface area contributed by atoms with Gasteiger partial charge in [-0.1, -0.05) is 42.5 Å². The monoisotopic (exact) mass is 400 g/mol. The first-order valence-corrected chi connectivity index (χ1v) is 9.54. The Morgan fingerprint density at radius 2 is 1.80 bits per heavy atom. The zero-order valence-corrected chi connectivity index (χ0v) is 16.2. The standard InChI is InChI=1S/C23H20N4O3/c28-22(29)10-12-25-20-14-21(27-23(26-20)19-7-3-4-11-24-19)30-15-16-8-9-17-5-1-2-6-18(17)13-16/h1-9,11,13-14H,10,12,15H2,(H,28,29)(H,25,26,27). The smallest absolute Gasteiger partial charge is 0.305 e. The molecule has 0 atom stereocenters. The van der Waals surface area contributed by atoms with E-state index < -0.39 is 5.97 Å². The summed E-state index contributed by atoms with van der Waals surface area (Å²) in [5.74, 6) is 0.399. The summed E-state index contributed by atoms with van der Waals surface area (Å²) < 4.78 is 5.94. The molecule has 0 bridgehead atoms. The van der Waals surface area contributed by atoms with Crippen LogP contribution in [-0.4, -0.2) is 32.6 Å². The number of carbonyl (C=O) groups is 1. The molecule has 0 saturated carbocycles. The quantitative estimate of drug-likeness (QED) is 0.458. The Kier molecular flexibility index (Phi) is 5.80. The molecule has 0 aliphatic rings. The molecule has 4 rings (SSSR count). The van der Waals surface area contributed by atoms with Gasteiger partial charge in [-0.25, -0.2) is 4.98 Å². The number of hydrogen-bond donors (Lipinski definition) is 2. The second kappa shape index (κ2) is 9.00. The fourth-order valence-corrected chi connectivity index (χ4v) is 2.98. The summed E-state index contributed by atoms with van der Waals surface area (Å²) in [7, 11) is 0. The maximum atomic E-state index is 10.8. The minimum atomic E-state index is -0.880. The van der Waals surface area contributed by atoms with E-state index in [0.717, 1.165) is 10.9 Å². The van der Waals surface area contributed by atoms with E-state index in [0.29, 0.717) is 29.8 Å². The second-order valence-corrected chi connectivity index (χ2v) is 6.67. The second-order valence-electron chi connectivity index (χ2n) is 6.67. The number of aromatic nitrogens is 3. The van der Waals surface area contributed by atoms with Crippen molar-refractivity contribution in [2.75, 3.05) is 11.9 Å². The van der Waals surface area contributed by atoms with Crippen LogP contribution < -0.4 is 10.1 Å². The van der Waals surface area contributed by atoms with Gasteiger partial charge < -0.3 is 15.2 Å². The van der Waals surface area contributed by atoms with Crippen LogP contribution in [0, 0.1) is 0 Å². The van der Waals surface area contributed by atoms with Crippen LogP contribution in [0.25, 0.3) is 22.3 Å². The molecule has 0 unspecified atom stereocenters. The number of benzene rings is 2. The van der Waals surface area contributed by atoms with Crippen LogP contribution in [0.3, 0.4) is 0 Å². The van der Waals surface area contributed by atoms with Crippen LogP contribution in [0.5, 0.6) is 5.88 Å². The molecule has 0 fully saturated rings. The molecule has 4 aromatic rings. The maximum absolute atomic E-state index is 10.8. The van der Waals surface area contributed by atoms with Crippen molar-refractivity contribution >= 4 is 22.6 Å². The molecular formula is C23H20N4O3. The third-order valence-corrected chi connectivity index (χ3v) is 4.44. The summed E-state index contributed by atoms with van der Waals surface area (Å²) in [6, 6.07) is 21.5.